The molecule has 0 amide bonds. The molecule has 0 aromatic carbocycles. The molecule has 2 aliphatic heterocycles. The molecule has 6 nitrogen and oxygen atoms in total. The second-order valence-corrected chi connectivity index (χ2v) is 5.48. The van der Waals surface area contributed by atoms with Crippen molar-refractivity contribution < 1.29 is 4.74 Å². The highest BCUT2D eigenvalue weighted by molar-refractivity contribution is 5.68. The Morgan fingerprint density at radius 1 is 1.30 bits per heavy atom. The molecule has 0 radical (unpaired) electrons. The van der Waals surface area contributed by atoms with E-state index in [0.717, 1.165) is 25.5 Å². The number of fused-ring (bicyclic) bond motifs is 1. The summed E-state index contributed by atoms with van der Waals surface area (Å²) in [6.45, 7) is 6.81. The van der Waals surface area contributed by atoms with Crippen molar-refractivity contribution in [3.63, 3.8) is 0 Å². The number of hydrogen-bond acceptors (Lipinski definition) is 6. The fraction of sp³-hybridized carbons (Fsp3) is 0.714. The quantitative estimate of drug-likeness (QED) is 0.893. The van der Waals surface area contributed by atoms with Crippen molar-refractivity contribution in [1.82, 2.24) is 14.9 Å². The third-order valence-corrected chi connectivity index (χ3v) is 4.24. The zero-order valence-electron chi connectivity index (χ0n) is 12.1. The SMILES string of the molecule is CCOc1ncnc(N2CCN3CCCCC3C2)c1N. The first-order valence-corrected chi connectivity index (χ1v) is 7.52. The fourth-order valence-electron chi connectivity index (χ4n) is 3.22. The van der Waals surface area contributed by atoms with Crippen LogP contribution in [0.2, 0.25) is 0 Å². The van der Waals surface area contributed by atoms with E-state index in [1.54, 1.807) is 6.33 Å². The predicted octanol–water partition coefficient (Wildman–Crippen LogP) is 1.13. The lowest BCUT2D eigenvalue weighted by Crippen LogP contribution is -2.55. The van der Waals surface area contributed by atoms with Gasteiger partial charge in [-0.1, -0.05) is 6.42 Å². The van der Waals surface area contributed by atoms with Gasteiger partial charge < -0.3 is 15.4 Å². The van der Waals surface area contributed by atoms with Crippen molar-refractivity contribution in [2.24, 2.45) is 0 Å². The Bertz CT molecular complexity index is 467. The van der Waals surface area contributed by atoms with Crippen LogP contribution in [0.25, 0.3) is 0 Å². The van der Waals surface area contributed by atoms with Gasteiger partial charge >= 0.3 is 0 Å². The lowest BCUT2D eigenvalue weighted by atomic mass is 9.99. The van der Waals surface area contributed by atoms with Gasteiger partial charge in [0, 0.05) is 25.7 Å². The summed E-state index contributed by atoms with van der Waals surface area (Å²) in [5, 5.41) is 0. The number of nitrogen functional groups attached to an aromatic ring is 1. The molecule has 1 atom stereocenters. The summed E-state index contributed by atoms with van der Waals surface area (Å²) in [7, 11) is 0. The van der Waals surface area contributed by atoms with Crippen molar-refractivity contribution >= 4 is 11.5 Å². The van der Waals surface area contributed by atoms with E-state index in [2.05, 4.69) is 19.8 Å². The van der Waals surface area contributed by atoms with Gasteiger partial charge in [-0.25, -0.2) is 4.98 Å². The maximum atomic E-state index is 6.16. The Balaban J connectivity index is 1.77. The topological polar surface area (TPSA) is 67.5 Å². The monoisotopic (exact) mass is 277 g/mol. The minimum absolute atomic E-state index is 0.503. The molecule has 0 aliphatic carbocycles. The van der Waals surface area contributed by atoms with E-state index in [9.17, 15) is 0 Å². The van der Waals surface area contributed by atoms with Crippen molar-refractivity contribution in [1.29, 1.82) is 0 Å². The zero-order chi connectivity index (χ0) is 13.9. The first-order chi connectivity index (χ1) is 9.79. The van der Waals surface area contributed by atoms with E-state index in [-0.39, 0.29) is 0 Å². The molecular formula is C14H23N5O. The maximum Gasteiger partial charge on any atom is 0.242 e. The Morgan fingerprint density at radius 2 is 2.20 bits per heavy atom. The summed E-state index contributed by atoms with van der Waals surface area (Å²) in [5.74, 6) is 1.33. The van der Waals surface area contributed by atoms with Gasteiger partial charge in [-0.3, -0.25) is 4.90 Å². The molecular weight excluding hydrogens is 254 g/mol. The lowest BCUT2D eigenvalue weighted by Gasteiger charge is -2.44. The van der Waals surface area contributed by atoms with Gasteiger partial charge in [-0.05, 0) is 26.3 Å². The Labute approximate surface area is 119 Å². The number of piperidine rings is 1. The van der Waals surface area contributed by atoms with Crippen LogP contribution in [0.1, 0.15) is 26.2 Å². The highest BCUT2D eigenvalue weighted by atomic mass is 16.5. The van der Waals surface area contributed by atoms with Gasteiger partial charge in [0.25, 0.3) is 0 Å². The summed E-state index contributed by atoms with van der Waals surface area (Å²) in [6.07, 6.45) is 5.49. The van der Waals surface area contributed by atoms with Crippen molar-refractivity contribution in [3.05, 3.63) is 6.33 Å². The number of aromatic nitrogens is 2. The molecule has 0 bridgehead atoms. The lowest BCUT2D eigenvalue weighted by molar-refractivity contribution is 0.133. The van der Waals surface area contributed by atoms with E-state index in [4.69, 9.17) is 10.5 Å². The molecule has 0 saturated carbocycles. The summed E-state index contributed by atoms with van der Waals surface area (Å²) < 4.78 is 5.46. The minimum Gasteiger partial charge on any atom is -0.476 e. The highest BCUT2D eigenvalue weighted by Crippen LogP contribution is 2.31. The molecule has 110 valence electrons. The fourth-order valence-corrected chi connectivity index (χ4v) is 3.22. The molecule has 6 heteroatoms. The summed E-state index contributed by atoms with van der Waals surface area (Å²) in [5.41, 5.74) is 6.73. The third-order valence-electron chi connectivity index (χ3n) is 4.24. The second-order valence-electron chi connectivity index (χ2n) is 5.48. The van der Waals surface area contributed by atoms with E-state index in [1.807, 2.05) is 6.92 Å². The van der Waals surface area contributed by atoms with Gasteiger partial charge in [-0.2, -0.15) is 4.98 Å². The van der Waals surface area contributed by atoms with Gasteiger partial charge in [-0.15, -0.1) is 0 Å². The summed E-state index contributed by atoms with van der Waals surface area (Å²) in [6, 6.07) is 0.641. The third kappa shape index (κ3) is 2.52. The molecule has 3 rings (SSSR count). The van der Waals surface area contributed by atoms with Crippen LogP contribution in [0.15, 0.2) is 6.33 Å². The van der Waals surface area contributed by atoms with Gasteiger partial charge in [0.15, 0.2) is 5.82 Å². The standard InChI is InChI=1S/C14H23N5O/c1-2-20-14-12(15)13(16-10-17-14)19-8-7-18-6-4-3-5-11(18)9-19/h10-11H,2-9,15H2,1H3. The molecule has 1 unspecified atom stereocenters. The van der Waals surface area contributed by atoms with Crippen molar-refractivity contribution in [2.75, 3.05) is 43.4 Å². The molecule has 2 fully saturated rings. The van der Waals surface area contributed by atoms with Crippen molar-refractivity contribution in [2.45, 2.75) is 32.2 Å². The second kappa shape index (κ2) is 5.83. The van der Waals surface area contributed by atoms with Crippen LogP contribution in [0.3, 0.4) is 0 Å². The molecule has 3 heterocycles. The Morgan fingerprint density at radius 3 is 3.05 bits per heavy atom. The molecule has 1 aromatic heterocycles. The molecule has 2 N–H and O–H groups in total. The number of ether oxygens (including phenoxy) is 1. The first-order valence-electron chi connectivity index (χ1n) is 7.52. The van der Waals surface area contributed by atoms with E-state index in [1.165, 1.54) is 25.8 Å². The number of anilines is 2. The van der Waals surface area contributed by atoms with Crippen LogP contribution < -0.4 is 15.4 Å². The van der Waals surface area contributed by atoms with Crippen LogP contribution >= 0.6 is 0 Å². The number of nitrogens with zero attached hydrogens (tertiary/aromatic N) is 4. The summed E-state index contributed by atoms with van der Waals surface area (Å²) >= 11 is 0. The van der Waals surface area contributed by atoms with E-state index < -0.39 is 0 Å². The van der Waals surface area contributed by atoms with E-state index in [0.29, 0.717) is 24.2 Å². The normalized spacial score (nSPS) is 23.4. The van der Waals surface area contributed by atoms with Gasteiger partial charge in [0.05, 0.1) is 6.61 Å². The summed E-state index contributed by atoms with van der Waals surface area (Å²) in [4.78, 5) is 13.4. The van der Waals surface area contributed by atoms with Gasteiger partial charge in [0.2, 0.25) is 5.88 Å². The zero-order valence-corrected chi connectivity index (χ0v) is 12.1. The molecule has 0 spiro atoms. The average molecular weight is 277 g/mol. The van der Waals surface area contributed by atoms with Crippen LogP contribution in [0, 0.1) is 0 Å². The van der Waals surface area contributed by atoms with Gasteiger partial charge in [0.1, 0.15) is 12.0 Å². The number of hydrogen-bond donors (Lipinski definition) is 1. The first kappa shape index (κ1) is 13.4. The predicted molar refractivity (Wildman–Crippen MR) is 79.0 cm³/mol. The van der Waals surface area contributed by atoms with E-state index >= 15 is 0 Å². The number of rotatable bonds is 3. The van der Waals surface area contributed by atoms with Crippen LogP contribution in [0.5, 0.6) is 5.88 Å². The Kier molecular flexibility index (Phi) is 3.91. The molecule has 20 heavy (non-hydrogen) atoms. The molecule has 1 aromatic rings. The maximum absolute atomic E-state index is 6.16. The minimum atomic E-state index is 0.503. The van der Waals surface area contributed by atoms with Crippen LogP contribution in [-0.2, 0) is 0 Å². The largest absolute Gasteiger partial charge is 0.476 e. The smallest absolute Gasteiger partial charge is 0.242 e. The van der Waals surface area contributed by atoms with Crippen LogP contribution in [0.4, 0.5) is 11.5 Å². The molecule has 2 aliphatic rings. The highest BCUT2D eigenvalue weighted by Gasteiger charge is 2.30. The molecule has 2 saturated heterocycles. The Hall–Kier alpha value is -1.56. The number of nitrogens with two attached hydrogens (primary N) is 1. The number of piperazine rings is 1. The van der Waals surface area contributed by atoms with Crippen molar-refractivity contribution in [3.8, 4) is 5.88 Å². The van der Waals surface area contributed by atoms with Crippen LogP contribution in [-0.4, -0.2) is 53.7 Å². The average Bonchev–Trinajstić information content (AvgIpc) is 2.49.